The first-order valence-corrected chi connectivity index (χ1v) is 8.07. The lowest BCUT2D eigenvalue weighted by Gasteiger charge is -2.29. The minimum atomic E-state index is -0.265. The van der Waals surface area contributed by atoms with Crippen LogP contribution in [0.1, 0.15) is 38.2 Å². The van der Waals surface area contributed by atoms with Crippen LogP contribution in [0.2, 0.25) is 0 Å². The molecule has 2 rings (SSSR count). The summed E-state index contributed by atoms with van der Waals surface area (Å²) in [4.78, 5) is 12.2. The molecule has 3 nitrogen and oxygen atoms in total. The Hall–Kier alpha value is -1.60. The molecule has 110 valence electrons. The van der Waals surface area contributed by atoms with Crippen LogP contribution in [0.25, 0.3) is 6.08 Å². The molecule has 0 aliphatic heterocycles. The second-order valence-electron chi connectivity index (χ2n) is 5.56. The molecule has 0 aromatic heterocycles. The van der Waals surface area contributed by atoms with Crippen LogP contribution >= 0.6 is 15.9 Å². The number of rotatable bonds is 3. The van der Waals surface area contributed by atoms with Crippen molar-refractivity contribution in [2.45, 2.75) is 38.6 Å². The molecule has 0 bridgehead atoms. The molecule has 0 spiro atoms. The molecule has 1 saturated carbocycles. The SMILES string of the molecule is CC1CCCCC1NC(=O)/C(C#N)=C/c1ccc(Br)cc1. The van der Waals surface area contributed by atoms with Gasteiger partial charge < -0.3 is 5.32 Å². The van der Waals surface area contributed by atoms with Crippen molar-refractivity contribution < 1.29 is 4.79 Å². The Kier molecular flexibility index (Phi) is 5.58. The van der Waals surface area contributed by atoms with E-state index < -0.39 is 0 Å². The highest BCUT2D eigenvalue weighted by atomic mass is 79.9. The zero-order chi connectivity index (χ0) is 15.2. The second-order valence-corrected chi connectivity index (χ2v) is 6.48. The molecule has 1 fully saturated rings. The van der Waals surface area contributed by atoms with E-state index in [0.29, 0.717) is 5.92 Å². The van der Waals surface area contributed by atoms with Crippen molar-refractivity contribution in [3.05, 3.63) is 39.9 Å². The Morgan fingerprint density at radius 3 is 2.62 bits per heavy atom. The average molecular weight is 347 g/mol. The highest BCUT2D eigenvalue weighted by Gasteiger charge is 2.23. The Morgan fingerprint density at radius 2 is 2.00 bits per heavy atom. The van der Waals surface area contributed by atoms with E-state index in [1.54, 1.807) is 6.08 Å². The maximum atomic E-state index is 12.2. The minimum absolute atomic E-state index is 0.162. The molecule has 2 atom stereocenters. The third kappa shape index (κ3) is 4.44. The predicted octanol–water partition coefficient (Wildman–Crippen LogP) is 4.05. The number of hydrogen-bond donors (Lipinski definition) is 1. The van der Waals surface area contributed by atoms with Crippen LogP contribution < -0.4 is 5.32 Å². The van der Waals surface area contributed by atoms with Crippen LogP contribution in [0.4, 0.5) is 0 Å². The number of nitrogens with zero attached hydrogens (tertiary/aromatic N) is 1. The Labute approximate surface area is 134 Å². The molecule has 1 N–H and O–H groups in total. The van der Waals surface area contributed by atoms with Gasteiger partial charge in [0, 0.05) is 10.5 Å². The van der Waals surface area contributed by atoms with Crippen LogP contribution in [0.5, 0.6) is 0 Å². The van der Waals surface area contributed by atoms with Gasteiger partial charge in [0.1, 0.15) is 11.6 Å². The number of carbonyl (C=O) groups is 1. The first-order chi connectivity index (χ1) is 10.1. The monoisotopic (exact) mass is 346 g/mol. The average Bonchev–Trinajstić information content (AvgIpc) is 2.49. The maximum Gasteiger partial charge on any atom is 0.262 e. The van der Waals surface area contributed by atoms with Gasteiger partial charge in [-0.3, -0.25) is 4.79 Å². The van der Waals surface area contributed by atoms with E-state index in [4.69, 9.17) is 0 Å². The number of hydrogen-bond acceptors (Lipinski definition) is 2. The molecule has 1 aliphatic carbocycles. The molecule has 0 saturated heterocycles. The summed E-state index contributed by atoms with van der Waals surface area (Å²) in [6.45, 7) is 2.16. The van der Waals surface area contributed by atoms with Crippen LogP contribution in [0.15, 0.2) is 34.3 Å². The van der Waals surface area contributed by atoms with E-state index in [1.165, 1.54) is 6.42 Å². The smallest absolute Gasteiger partial charge is 0.262 e. The van der Waals surface area contributed by atoms with E-state index >= 15 is 0 Å². The van der Waals surface area contributed by atoms with Crippen LogP contribution in [0, 0.1) is 17.2 Å². The fourth-order valence-electron chi connectivity index (χ4n) is 2.65. The van der Waals surface area contributed by atoms with Gasteiger partial charge in [0.15, 0.2) is 0 Å². The van der Waals surface area contributed by atoms with Gasteiger partial charge in [0.2, 0.25) is 0 Å². The van der Waals surface area contributed by atoms with Gasteiger partial charge in [-0.2, -0.15) is 5.26 Å². The summed E-state index contributed by atoms with van der Waals surface area (Å²) in [5, 5.41) is 12.2. The molecule has 21 heavy (non-hydrogen) atoms. The quantitative estimate of drug-likeness (QED) is 0.662. The molecule has 4 heteroatoms. The lowest BCUT2D eigenvalue weighted by atomic mass is 9.86. The van der Waals surface area contributed by atoms with Gasteiger partial charge >= 0.3 is 0 Å². The van der Waals surface area contributed by atoms with Crippen molar-refractivity contribution in [2.24, 2.45) is 5.92 Å². The summed E-state index contributed by atoms with van der Waals surface area (Å²) in [6, 6.07) is 9.72. The first kappa shape index (κ1) is 15.8. The summed E-state index contributed by atoms with van der Waals surface area (Å²) >= 11 is 3.37. The van der Waals surface area contributed by atoms with E-state index in [1.807, 2.05) is 30.3 Å². The lowest BCUT2D eigenvalue weighted by Crippen LogP contribution is -2.41. The molecule has 1 aromatic carbocycles. The number of nitriles is 1. The third-order valence-electron chi connectivity index (χ3n) is 3.97. The van der Waals surface area contributed by atoms with Crippen LogP contribution in [-0.2, 0) is 4.79 Å². The molecule has 1 amide bonds. The second kappa shape index (κ2) is 7.42. The first-order valence-electron chi connectivity index (χ1n) is 7.28. The zero-order valence-electron chi connectivity index (χ0n) is 12.1. The number of amides is 1. The lowest BCUT2D eigenvalue weighted by molar-refractivity contribution is -0.118. The molecule has 0 heterocycles. The van der Waals surface area contributed by atoms with Crippen molar-refractivity contribution in [3.8, 4) is 6.07 Å². The molecule has 2 unspecified atom stereocenters. The van der Waals surface area contributed by atoms with Gasteiger partial charge in [-0.05, 0) is 42.5 Å². The van der Waals surface area contributed by atoms with Crippen molar-refractivity contribution in [3.63, 3.8) is 0 Å². The molecule has 1 aromatic rings. The summed E-state index contributed by atoms with van der Waals surface area (Å²) < 4.78 is 0.971. The van der Waals surface area contributed by atoms with E-state index in [0.717, 1.165) is 29.3 Å². The summed E-state index contributed by atoms with van der Waals surface area (Å²) in [6.07, 6.45) is 6.16. The molecule has 1 aliphatic rings. The number of nitrogens with one attached hydrogen (secondary N) is 1. The van der Waals surface area contributed by atoms with Crippen LogP contribution in [-0.4, -0.2) is 11.9 Å². The highest BCUT2D eigenvalue weighted by molar-refractivity contribution is 9.10. The maximum absolute atomic E-state index is 12.2. The fraction of sp³-hybridized carbons (Fsp3) is 0.412. The summed E-state index contributed by atoms with van der Waals surface area (Å²) in [5.41, 5.74) is 1.01. The topological polar surface area (TPSA) is 52.9 Å². The Bertz CT molecular complexity index is 571. The van der Waals surface area contributed by atoms with Crippen LogP contribution in [0.3, 0.4) is 0 Å². The zero-order valence-corrected chi connectivity index (χ0v) is 13.7. The van der Waals surface area contributed by atoms with Gasteiger partial charge in [-0.25, -0.2) is 0 Å². The van der Waals surface area contributed by atoms with E-state index in [2.05, 4.69) is 28.2 Å². The normalized spacial score (nSPS) is 22.4. The number of carbonyl (C=O) groups excluding carboxylic acids is 1. The van der Waals surface area contributed by atoms with Crippen molar-refractivity contribution in [2.75, 3.05) is 0 Å². The largest absolute Gasteiger partial charge is 0.348 e. The summed E-state index contributed by atoms with van der Waals surface area (Å²) in [5.74, 6) is 0.217. The molecule has 0 radical (unpaired) electrons. The van der Waals surface area contributed by atoms with Gasteiger partial charge in [0.25, 0.3) is 5.91 Å². The van der Waals surface area contributed by atoms with Crippen molar-refractivity contribution >= 4 is 27.9 Å². The fourth-order valence-corrected chi connectivity index (χ4v) is 2.92. The predicted molar refractivity (Wildman–Crippen MR) is 87.3 cm³/mol. The molecular formula is C17H19BrN2O. The Morgan fingerprint density at radius 1 is 1.33 bits per heavy atom. The van der Waals surface area contributed by atoms with E-state index in [9.17, 15) is 10.1 Å². The van der Waals surface area contributed by atoms with Gasteiger partial charge in [-0.1, -0.05) is 47.8 Å². The van der Waals surface area contributed by atoms with E-state index in [-0.39, 0.29) is 17.5 Å². The highest BCUT2D eigenvalue weighted by Crippen LogP contribution is 2.24. The Balaban J connectivity index is 2.08. The summed E-state index contributed by atoms with van der Waals surface area (Å²) in [7, 11) is 0. The minimum Gasteiger partial charge on any atom is -0.348 e. The van der Waals surface area contributed by atoms with Crippen molar-refractivity contribution in [1.29, 1.82) is 5.26 Å². The number of benzene rings is 1. The molecular weight excluding hydrogens is 328 g/mol. The third-order valence-corrected chi connectivity index (χ3v) is 4.50. The number of halogens is 1. The standard InChI is InChI=1S/C17H19BrN2O/c1-12-4-2-3-5-16(12)20-17(21)14(11-19)10-13-6-8-15(18)9-7-13/h6-10,12,16H,2-5H2,1H3,(H,20,21)/b14-10+. The van der Waals surface area contributed by atoms with Crippen molar-refractivity contribution in [1.82, 2.24) is 5.32 Å². The van der Waals surface area contributed by atoms with Gasteiger partial charge in [0.05, 0.1) is 0 Å². The van der Waals surface area contributed by atoms with Gasteiger partial charge in [-0.15, -0.1) is 0 Å².